The van der Waals surface area contributed by atoms with Crippen LogP contribution in [0.25, 0.3) is 10.9 Å². The second-order valence-electron chi connectivity index (χ2n) is 5.95. The summed E-state index contributed by atoms with van der Waals surface area (Å²) in [5.74, 6) is -0.941. The van der Waals surface area contributed by atoms with E-state index in [4.69, 9.17) is 32.7 Å². The molecule has 0 fully saturated rings. The Labute approximate surface area is 177 Å². The molecule has 0 spiro atoms. The van der Waals surface area contributed by atoms with Gasteiger partial charge in [-0.3, -0.25) is 4.98 Å². The van der Waals surface area contributed by atoms with Crippen molar-refractivity contribution < 1.29 is 19.1 Å². The highest BCUT2D eigenvalue weighted by Crippen LogP contribution is 2.34. The van der Waals surface area contributed by atoms with Crippen LogP contribution >= 0.6 is 23.2 Å². The summed E-state index contributed by atoms with van der Waals surface area (Å²) in [4.78, 5) is 28.6. The first-order chi connectivity index (χ1) is 14.0. The highest BCUT2D eigenvalue weighted by atomic mass is 35.5. The third-order valence-corrected chi connectivity index (χ3v) is 4.87. The number of benzene rings is 2. The number of fused-ring (bicyclic) bond motifs is 1. The molecular formula is C21H18Cl2N2O4. The summed E-state index contributed by atoms with van der Waals surface area (Å²) in [6.07, 6.45) is 1.39. The van der Waals surface area contributed by atoms with Crippen LogP contribution in [0.5, 0.6) is 0 Å². The lowest BCUT2D eigenvalue weighted by Crippen LogP contribution is -2.17. The van der Waals surface area contributed by atoms with Crippen molar-refractivity contribution in [3.8, 4) is 0 Å². The highest BCUT2D eigenvalue weighted by Gasteiger charge is 2.18. The number of nitrogens with zero attached hydrogens (tertiary/aromatic N) is 1. The molecule has 2 aromatic carbocycles. The number of hydrogen-bond acceptors (Lipinski definition) is 6. The van der Waals surface area contributed by atoms with Gasteiger partial charge in [0.15, 0.2) is 0 Å². The molecule has 3 aromatic rings. The van der Waals surface area contributed by atoms with Crippen molar-refractivity contribution in [2.75, 3.05) is 25.1 Å². The standard InChI is InChI=1S/C21H18Cl2N2O4/c1-2-28-21(27)15-12-25-19-14(8-9-16(22)17(19)23)18(15)24-10-11-29-20(26)13-6-4-3-5-7-13/h3-9,12H,2,10-11H2,1H3,(H,24,25). The number of pyridine rings is 1. The molecule has 0 unspecified atom stereocenters. The maximum Gasteiger partial charge on any atom is 0.341 e. The molecular weight excluding hydrogens is 415 g/mol. The molecule has 1 aromatic heterocycles. The first-order valence-electron chi connectivity index (χ1n) is 8.92. The number of carbonyl (C=O) groups excluding carboxylic acids is 2. The van der Waals surface area contributed by atoms with Crippen molar-refractivity contribution in [3.05, 3.63) is 69.8 Å². The Morgan fingerprint density at radius 1 is 1.03 bits per heavy atom. The highest BCUT2D eigenvalue weighted by molar-refractivity contribution is 6.45. The van der Waals surface area contributed by atoms with Crippen molar-refractivity contribution in [2.24, 2.45) is 0 Å². The van der Waals surface area contributed by atoms with Crippen LogP contribution in [-0.2, 0) is 9.47 Å². The lowest BCUT2D eigenvalue weighted by Gasteiger charge is -2.15. The van der Waals surface area contributed by atoms with E-state index in [0.29, 0.717) is 27.2 Å². The van der Waals surface area contributed by atoms with Gasteiger partial charge in [-0.2, -0.15) is 0 Å². The first kappa shape index (κ1) is 20.9. The second kappa shape index (κ2) is 9.58. The molecule has 6 nitrogen and oxygen atoms in total. The van der Waals surface area contributed by atoms with Crippen molar-refractivity contribution in [1.29, 1.82) is 0 Å². The summed E-state index contributed by atoms with van der Waals surface area (Å²) in [5, 5.41) is 4.39. The molecule has 8 heteroatoms. The zero-order valence-electron chi connectivity index (χ0n) is 15.6. The SMILES string of the molecule is CCOC(=O)c1cnc2c(Cl)c(Cl)ccc2c1NCCOC(=O)c1ccccc1. The Bertz CT molecular complexity index is 1040. The molecule has 0 radical (unpaired) electrons. The molecule has 1 N–H and O–H groups in total. The number of nitrogens with one attached hydrogen (secondary N) is 1. The second-order valence-corrected chi connectivity index (χ2v) is 6.74. The zero-order chi connectivity index (χ0) is 20.8. The van der Waals surface area contributed by atoms with Gasteiger partial charge in [-0.25, -0.2) is 9.59 Å². The Hall–Kier alpha value is -2.83. The maximum atomic E-state index is 12.3. The van der Waals surface area contributed by atoms with E-state index in [-0.39, 0.29) is 30.3 Å². The molecule has 0 aliphatic rings. The summed E-state index contributed by atoms with van der Waals surface area (Å²) in [7, 11) is 0. The van der Waals surface area contributed by atoms with Crippen LogP contribution in [0.15, 0.2) is 48.7 Å². The Kier molecular flexibility index (Phi) is 6.90. The van der Waals surface area contributed by atoms with Gasteiger partial charge in [0.05, 0.1) is 33.4 Å². The number of carbonyl (C=O) groups is 2. The Balaban J connectivity index is 1.80. The largest absolute Gasteiger partial charge is 0.462 e. The van der Waals surface area contributed by atoms with E-state index >= 15 is 0 Å². The van der Waals surface area contributed by atoms with E-state index in [1.165, 1.54) is 6.20 Å². The van der Waals surface area contributed by atoms with Gasteiger partial charge in [-0.1, -0.05) is 41.4 Å². The molecule has 150 valence electrons. The van der Waals surface area contributed by atoms with Gasteiger partial charge in [0.1, 0.15) is 12.2 Å². The van der Waals surface area contributed by atoms with Crippen LogP contribution in [0, 0.1) is 0 Å². The van der Waals surface area contributed by atoms with E-state index in [2.05, 4.69) is 10.3 Å². The summed E-state index contributed by atoms with van der Waals surface area (Å²) < 4.78 is 10.4. The predicted octanol–water partition coefficient (Wildman–Crippen LogP) is 4.99. The van der Waals surface area contributed by atoms with Gasteiger partial charge in [-0.05, 0) is 31.2 Å². The number of hydrogen-bond donors (Lipinski definition) is 1. The lowest BCUT2D eigenvalue weighted by molar-refractivity contribution is 0.0510. The Morgan fingerprint density at radius 3 is 2.52 bits per heavy atom. The van der Waals surface area contributed by atoms with E-state index in [9.17, 15) is 9.59 Å². The van der Waals surface area contributed by atoms with E-state index in [1.807, 2.05) is 6.07 Å². The van der Waals surface area contributed by atoms with Gasteiger partial charge in [-0.15, -0.1) is 0 Å². The first-order valence-corrected chi connectivity index (χ1v) is 9.68. The van der Waals surface area contributed by atoms with Crippen LogP contribution < -0.4 is 5.32 Å². The molecule has 1 heterocycles. The minimum atomic E-state index is -0.517. The lowest BCUT2D eigenvalue weighted by atomic mass is 10.1. The average molecular weight is 433 g/mol. The van der Waals surface area contributed by atoms with Gasteiger partial charge in [0, 0.05) is 18.1 Å². The van der Waals surface area contributed by atoms with Gasteiger partial charge < -0.3 is 14.8 Å². The van der Waals surface area contributed by atoms with Crippen molar-refractivity contribution in [1.82, 2.24) is 4.98 Å². The number of aromatic nitrogens is 1. The van der Waals surface area contributed by atoms with Gasteiger partial charge in [0.2, 0.25) is 0 Å². The van der Waals surface area contributed by atoms with Gasteiger partial charge >= 0.3 is 11.9 Å². The molecule has 0 bridgehead atoms. The van der Waals surface area contributed by atoms with Crippen LogP contribution in [0.1, 0.15) is 27.6 Å². The third kappa shape index (κ3) is 4.78. The van der Waals surface area contributed by atoms with Crippen molar-refractivity contribution >= 4 is 51.7 Å². The summed E-state index contributed by atoms with van der Waals surface area (Å²) in [6, 6.07) is 12.0. The average Bonchev–Trinajstić information content (AvgIpc) is 2.74. The van der Waals surface area contributed by atoms with Gasteiger partial charge in [0.25, 0.3) is 0 Å². The number of anilines is 1. The van der Waals surface area contributed by atoms with Crippen LogP contribution in [0.4, 0.5) is 5.69 Å². The number of esters is 2. The molecule has 0 aliphatic carbocycles. The summed E-state index contributed by atoms with van der Waals surface area (Å²) in [5.41, 5.74) is 1.67. The normalized spacial score (nSPS) is 10.6. The molecule has 29 heavy (non-hydrogen) atoms. The van der Waals surface area contributed by atoms with E-state index in [0.717, 1.165) is 0 Å². The topological polar surface area (TPSA) is 77.5 Å². The fourth-order valence-corrected chi connectivity index (χ4v) is 3.10. The van der Waals surface area contributed by atoms with Crippen molar-refractivity contribution in [2.45, 2.75) is 6.92 Å². The molecule has 0 amide bonds. The summed E-state index contributed by atoms with van der Waals surface area (Å²) in [6.45, 7) is 2.32. The van der Waals surface area contributed by atoms with Crippen LogP contribution in [-0.4, -0.2) is 36.7 Å². The van der Waals surface area contributed by atoms with Crippen LogP contribution in [0.3, 0.4) is 0 Å². The predicted molar refractivity (Wildman–Crippen MR) is 113 cm³/mol. The minimum Gasteiger partial charge on any atom is -0.462 e. The molecule has 0 aliphatic heterocycles. The van der Waals surface area contributed by atoms with Crippen LogP contribution in [0.2, 0.25) is 10.0 Å². The fourth-order valence-electron chi connectivity index (χ4n) is 2.74. The summed E-state index contributed by atoms with van der Waals surface area (Å²) >= 11 is 12.3. The van der Waals surface area contributed by atoms with E-state index in [1.54, 1.807) is 43.3 Å². The number of rotatable bonds is 7. The zero-order valence-corrected chi connectivity index (χ0v) is 17.1. The minimum absolute atomic E-state index is 0.0983. The molecule has 0 saturated carbocycles. The molecule has 0 saturated heterocycles. The number of ether oxygens (including phenoxy) is 2. The maximum absolute atomic E-state index is 12.3. The smallest absolute Gasteiger partial charge is 0.341 e. The monoisotopic (exact) mass is 432 g/mol. The number of halogens is 2. The molecule has 0 atom stereocenters. The van der Waals surface area contributed by atoms with E-state index < -0.39 is 11.9 Å². The third-order valence-electron chi connectivity index (χ3n) is 4.07. The Morgan fingerprint density at radius 2 is 1.79 bits per heavy atom. The van der Waals surface area contributed by atoms with Crippen molar-refractivity contribution in [3.63, 3.8) is 0 Å². The fraction of sp³-hybridized carbons (Fsp3) is 0.190. The quantitative estimate of drug-likeness (QED) is 0.418. The molecule has 3 rings (SSSR count).